The second-order valence-electron chi connectivity index (χ2n) is 5.21. The molecule has 1 aromatic rings. The van der Waals surface area contributed by atoms with Crippen LogP contribution in [-0.2, 0) is 9.53 Å². The number of carbonyl (C=O) groups is 1. The van der Waals surface area contributed by atoms with E-state index in [1.165, 1.54) is 0 Å². The number of hydrogen-bond donors (Lipinski definition) is 2. The van der Waals surface area contributed by atoms with Crippen molar-refractivity contribution < 1.29 is 14.3 Å². The van der Waals surface area contributed by atoms with Crippen LogP contribution in [0.3, 0.4) is 0 Å². The summed E-state index contributed by atoms with van der Waals surface area (Å²) in [5, 5.41) is 3.19. The van der Waals surface area contributed by atoms with Crippen molar-refractivity contribution >= 4 is 35.6 Å². The molecule has 7 heteroatoms. The minimum atomic E-state index is -0.526. The molecule has 0 aliphatic rings. The molecule has 1 amide bonds. The molecule has 0 saturated heterocycles. The fourth-order valence-corrected chi connectivity index (χ4v) is 2.02. The van der Waals surface area contributed by atoms with Crippen LogP contribution in [0.2, 0.25) is 5.02 Å². The molecule has 3 N–H and O–H groups in total. The Balaban J connectivity index is 0.00000441. The topological polar surface area (TPSA) is 73.6 Å². The highest BCUT2D eigenvalue weighted by Gasteiger charge is 2.15. The number of anilines is 1. The van der Waals surface area contributed by atoms with Gasteiger partial charge in [0.2, 0.25) is 5.91 Å². The van der Waals surface area contributed by atoms with Crippen molar-refractivity contribution in [3.05, 3.63) is 23.2 Å². The van der Waals surface area contributed by atoms with Gasteiger partial charge in [0.1, 0.15) is 12.4 Å². The van der Waals surface area contributed by atoms with Crippen molar-refractivity contribution in [3.63, 3.8) is 0 Å². The van der Waals surface area contributed by atoms with Crippen LogP contribution in [-0.4, -0.2) is 32.3 Å². The SMILES string of the molecule is COCCOc1ccc(NC(=O)[C@@H](N)CC(C)C)cc1Cl.Cl. The van der Waals surface area contributed by atoms with Gasteiger partial charge in [0, 0.05) is 12.8 Å². The smallest absolute Gasteiger partial charge is 0.241 e. The van der Waals surface area contributed by atoms with Gasteiger partial charge in [-0.2, -0.15) is 0 Å². The lowest BCUT2D eigenvalue weighted by Gasteiger charge is -2.15. The number of methoxy groups -OCH3 is 1. The summed E-state index contributed by atoms with van der Waals surface area (Å²) < 4.78 is 10.3. The van der Waals surface area contributed by atoms with Crippen LogP contribution in [0.5, 0.6) is 5.75 Å². The lowest BCUT2D eigenvalue weighted by Crippen LogP contribution is -2.36. The zero-order chi connectivity index (χ0) is 15.8. The standard InChI is InChI=1S/C15H23ClN2O3.ClH/c1-10(2)8-13(17)15(19)18-11-4-5-14(12(16)9-11)21-7-6-20-3;/h4-5,9-10,13H,6-8,17H2,1-3H3,(H,18,19);1H/t13-;/m0./s1. The fourth-order valence-electron chi connectivity index (χ4n) is 1.78. The number of ether oxygens (including phenoxy) is 2. The summed E-state index contributed by atoms with van der Waals surface area (Å²) in [4.78, 5) is 11.9. The first-order chi connectivity index (χ1) is 9.93. The van der Waals surface area contributed by atoms with Gasteiger partial charge in [-0.05, 0) is 30.5 Å². The third-order valence-electron chi connectivity index (χ3n) is 2.81. The number of nitrogens with one attached hydrogen (secondary N) is 1. The van der Waals surface area contributed by atoms with Crippen LogP contribution in [0.25, 0.3) is 0 Å². The molecule has 1 aromatic carbocycles. The Kier molecular flexibility index (Phi) is 10.2. The van der Waals surface area contributed by atoms with Gasteiger partial charge >= 0.3 is 0 Å². The zero-order valence-corrected chi connectivity index (χ0v) is 14.7. The summed E-state index contributed by atoms with van der Waals surface area (Å²) in [7, 11) is 1.60. The van der Waals surface area contributed by atoms with E-state index in [2.05, 4.69) is 5.32 Å². The third kappa shape index (κ3) is 7.31. The van der Waals surface area contributed by atoms with Crippen molar-refractivity contribution in [3.8, 4) is 5.75 Å². The van der Waals surface area contributed by atoms with E-state index in [1.807, 2.05) is 13.8 Å². The number of amides is 1. The fraction of sp³-hybridized carbons (Fsp3) is 0.533. The maximum Gasteiger partial charge on any atom is 0.241 e. The highest BCUT2D eigenvalue weighted by Crippen LogP contribution is 2.27. The van der Waals surface area contributed by atoms with E-state index in [9.17, 15) is 4.79 Å². The van der Waals surface area contributed by atoms with Crippen LogP contribution in [0.15, 0.2) is 18.2 Å². The molecule has 0 unspecified atom stereocenters. The van der Waals surface area contributed by atoms with Crippen molar-refractivity contribution in [2.24, 2.45) is 11.7 Å². The predicted molar refractivity (Wildman–Crippen MR) is 92.1 cm³/mol. The van der Waals surface area contributed by atoms with E-state index >= 15 is 0 Å². The Morgan fingerprint density at radius 2 is 2.05 bits per heavy atom. The maximum absolute atomic E-state index is 11.9. The first-order valence-electron chi connectivity index (χ1n) is 6.91. The van der Waals surface area contributed by atoms with Gasteiger partial charge in [-0.15, -0.1) is 12.4 Å². The first kappa shape index (κ1) is 21.0. The number of nitrogens with two attached hydrogens (primary N) is 1. The van der Waals surface area contributed by atoms with Crippen LogP contribution in [0.4, 0.5) is 5.69 Å². The highest BCUT2D eigenvalue weighted by molar-refractivity contribution is 6.32. The summed E-state index contributed by atoms with van der Waals surface area (Å²) in [6.07, 6.45) is 0.637. The molecule has 0 bridgehead atoms. The molecule has 0 saturated carbocycles. The van der Waals surface area contributed by atoms with Crippen LogP contribution >= 0.6 is 24.0 Å². The third-order valence-corrected chi connectivity index (χ3v) is 3.10. The Morgan fingerprint density at radius 1 is 1.36 bits per heavy atom. The van der Waals surface area contributed by atoms with Gasteiger partial charge in [0.15, 0.2) is 0 Å². The monoisotopic (exact) mass is 350 g/mol. The van der Waals surface area contributed by atoms with Gasteiger partial charge in [0.05, 0.1) is 17.7 Å². The first-order valence-corrected chi connectivity index (χ1v) is 7.29. The molecule has 0 radical (unpaired) electrons. The average molecular weight is 351 g/mol. The molecular formula is C15H24Cl2N2O3. The quantitative estimate of drug-likeness (QED) is 0.706. The van der Waals surface area contributed by atoms with Crippen LogP contribution in [0, 0.1) is 5.92 Å². The molecule has 1 rings (SSSR count). The number of halogens is 2. The molecule has 22 heavy (non-hydrogen) atoms. The van der Waals surface area contributed by atoms with Gasteiger partial charge in [-0.3, -0.25) is 4.79 Å². The van der Waals surface area contributed by atoms with E-state index in [1.54, 1.807) is 25.3 Å². The summed E-state index contributed by atoms with van der Waals surface area (Å²) >= 11 is 6.11. The van der Waals surface area contributed by atoms with Crippen molar-refractivity contribution in [1.82, 2.24) is 0 Å². The minimum Gasteiger partial charge on any atom is -0.490 e. The summed E-state index contributed by atoms with van der Waals surface area (Å²) in [5.41, 5.74) is 6.43. The number of carbonyl (C=O) groups excluding carboxylic acids is 1. The van der Waals surface area contributed by atoms with Gasteiger partial charge in [-0.1, -0.05) is 25.4 Å². The average Bonchev–Trinajstić information content (AvgIpc) is 2.40. The van der Waals surface area contributed by atoms with Crippen LogP contribution < -0.4 is 15.8 Å². The minimum absolute atomic E-state index is 0. The number of benzene rings is 1. The molecule has 0 fully saturated rings. The molecule has 1 atom stereocenters. The highest BCUT2D eigenvalue weighted by atomic mass is 35.5. The van der Waals surface area contributed by atoms with E-state index in [0.29, 0.717) is 42.0 Å². The molecule has 0 aliphatic carbocycles. The lowest BCUT2D eigenvalue weighted by atomic mass is 10.0. The van der Waals surface area contributed by atoms with Crippen molar-refractivity contribution in [2.75, 3.05) is 25.6 Å². The van der Waals surface area contributed by atoms with Gasteiger partial charge in [-0.25, -0.2) is 0 Å². The van der Waals surface area contributed by atoms with E-state index in [-0.39, 0.29) is 18.3 Å². The largest absolute Gasteiger partial charge is 0.490 e. The van der Waals surface area contributed by atoms with E-state index in [4.69, 9.17) is 26.8 Å². The summed E-state index contributed by atoms with van der Waals surface area (Å²) in [5.74, 6) is 0.705. The maximum atomic E-state index is 11.9. The molecule has 0 aromatic heterocycles. The normalized spacial score (nSPS) is 11.7. The Hall–Kier alpha value is -1.01. The molecule has 5 nitrogen and oxygen atoms in total. The van der Waals surface area contributed by atoms with Crippen molar-refractivity contribution in [1.29, 1.82) is 0 Å². The van der Waals surface area contributed by atoms with Crippen LogP contribution in [0.1, 0.15) is 20.3 Å². The van der Waals surface area contributed by atoms with Gasteiger partial charge < -0.3 is 20.5 Å². The second-order valence-corrected chi connectivity index (χ2v) is 5.62. The van der Waals surface area contributed by atoms with Crippen molar-refractivity contribution in [2.45, 2.75) is 26.3 Å². The van der Waals surface area contributed by atoms with Gasteiger partial charge in [0.25, 0.3) is 0 Å². The van der Waals surface area contributed by atoms with E-state index in [0.717, 1.165) is 0 Å². The van der Waals surface area contributed by atoms with E-state index < -0.39 is 6.04 Å². The molecule has 0 heterocycles. The zero-order valence-electron chi connectivity index (χ0n) is 13.1. The molecule has 0 aliphatic heterocycles. The molecule has 0 spiro atoms. The predicted octanol–water partition coefficient (Wildman–Crippen LogP) is 3.10. The lowest BCUT2D eigenvalue weighted by molar-refractivity contribution is -0.117. The summed E-state index contributed by atoms with van der Waals surface area (Å²) in [6, 6.07) is 4.56. The second kappa shape index (κ2) is 10.7. The number of rotatable bonds is 8. The summed E-state index contributed by atoms with van der Waals surface area (Å²) in [6.45, 7) is 4.95. The molecular weight excluding hydrogens is 327 g/mol. The Labute approximate surface area is 142 Å². The Bertz CT molecular complexity index is 470. The number of hydrogen-bond acceptors (Lipinski definition) is 4. The Morgan fingerprint density at radius 3 is 2.59 bits per heavy atom. The molecule has 126 valence electrons.